The van der Waals surface area contributed by atoms with E-state index in [2.05, 4.69) is 4.74 Å². The van der Waals surface area contributed by atoms with Gasteiger partial charge in [-0.1, -0.05) is 42.5 Å². The van der Waals surface area contributed by atoms with Crippen molar-refractivity contribution < 1.29 is 28.2 Å². The lowest BCUT2D eigenvalue weighted by Crippen LogP contribution is -2.12. The summed E-state index contributed by atoms with van der Waals surface area (Å²) in [5.74, 6) is -0.0364. The highest BCUT2D eigenvalue weighted by Gasteiger charge is 2.12. The third-order valence-electron chi connectivity index (χ3n) is 4.06. The molecule has 1 heterocycles. The van der Waals surface area contributed by atoms with E-state index in [0.29, 0.717) is 29.9 Å². The number of ether oxygens (including phenoxy) is 3. The Morgan fingerprint density at radius 3 is 2.59 bits per heavy atom. The molecule has 0 aliphatic rings. The normalized spacial score (nSPS) is 10.7. The van der Waals surface area contributed by atoms with Gasteiger partial charge in [-0.15, -0.1) is 0 Å². The molecular formula is C21H20O6. The van der Waals surface area contributed by atoms with Crippen molar-refractivity contribution in [3.05, 3.63) is 65.9 Å². The van der Waals surface area contributed by atoms with Gasteiger partial charge in [-0.05, 0) is 12.5 Å². The number of hydrogen-bond acceptors (Lipinski definition) is 6. The second kappa shape index (κ2) is 9.00. The molecule has 2 aromatic carbocycles. The van der Waals surface area contributed by atoms with Crippen LogP contribution in [0.5, 0.6) is 5.75 Å². The van der Waals surface area contributed by atoms with Crippen LogP contribution in [0.3, 0.4) is 0 Å². The average molecular weight is 368 g/mol. The summed E-state index contributed by atoms with van der Waals surface area (Å²) in [6.07, 6.45) is 2.23. The number of Topliss-reactive ketones (excluding diaryl/α,β-unsaturated/α-hetero) is 1. The number of ketones is 1. The first-order chi connectivity index (χ1) is 13.2. The summed E-state index contributed by atoms with van der Waals surface area (Å²) in [5, 5.41) is 0.885. The molecule has 0 atom stereocenters. The highest BCUT2D eigenvalue weighted by Crippen LogP contribution is 2.30. The highest BCUT2D eigenvalue weighted by atomic mass is 16.6. The van der Waals surface area contributed by atoms with Gasteiger partial charge in [-0.25, -0.2) is 4.79 Å². The molecule has 6 heteroatoms. The van der Waals surface area contributed by atoms with Crippen molar-refractivity contribution in [1.29, 1.82) is 0 Å². The lowest BCUT2D eigenvalue weighted by atomic mass is 10.1. The Morgan fingerprint density at radius 2 is 1.81 bits per heavy atom. The summed E-state index contributed by atoms with van der Waals surface area (Å²) < 4.78 is 21.1. The second-order valence-corrected chi connectivity index (χ2v) is 5.85. The fourth-order valence-corrected chi connectivity index (χ4v) is 2.64. The molecule has 140 valence electrons. The number of hydrogen-bond donors (Lipinski definition) is 0. The Balaban J connectivity index is 1.56. The molecule has 1 aromatic heterocycles. The first-order valence-electron chi connectivity index (χ1n) is 8.53. The Morgan fingerprint density at radius 1 is 1.00 bits per heavy atom. The number of rotatable bonds is 9. The van der Waals surface area contributed by atoms with Crippen molar-refractivity contribution in [2.24, 2.45) is 0 Å². The van der Waals surface area contributed by atoms with Gasteiger partial charge in [-0.2, -0.15) is 0 Å². The van der Waals surface area contributed by atoms with Gasteiger partial charge in [-0.3, -0.25) is 4.79 Å². The van der Waals surface area contributed by atoms with Crippen LogP contribution in [-0.2, 0) is 20.7 Å². The van der Waals surface area contributed by atoms with Crippen LogP contribution in [0.25, 0.3) is 11.0 Å². The molecule has 0 fully saturated rings. The molecule has 0 amide bonds. The maximum atomic E-state index is 12.0. The van der Waals surface area contributed by atoms with Crippen molar-refractivity contribution in [2.75, 3.05) is 26.9 Å². The molecule has 0 spiro atoms. The zero-order chi connectivity index (χ0) is 19.1. The van der Waals surface area contributed by atoms with Gasteiger partial charge in [0.05, 0.1) is 20.0 Å². The molecule has 0 saturated carbocycles. The van der Waals surface area contributed by atoms with Crippen molar-refractivity contribution in [2.45, 2.75) is 6.42 Å². The number of furan rings is 1. The lowest BCUT2D eigenvalue weighted by molar-refractivity contribution is -0.142. The van der Waals surface area contributed by atoms with E-state index in [1.54, 1.807) is 24.5 Å². The van der Waals surface area contributed by atoms with Crippen molar-refractivity contribution in [1.82, 2.24) is 0 Å². The molecule has 27 heavy (non-hydrogen) atoms. The summed E-state index contributed by atoms with van der Waals surface area (Å²) in [5.41, 5.74) is 2.15. The summed E-state index contributed by atoms with van der Waals surface area (Å²) in [4.78, 5) is 23.3. The SMILES string of the molecule is COC(=O)COc1cccc2c(CCOCC(=O)c3ccccc3)coc12. The largest absolute Gasteiger partial charge is 0.478 e. The summed E-state index contributed by atoms with van der Waals surface area (Å²) >= 11 is 0. The Labute approximate surface area is 156 Å². The molecular weight excluding hydrogens is 348 g/mol. The van der Waals surface area contributed by atoms with E-state index in [-0.39, 0.29) is 19.0 Å². The Hall–Kier alpha value is -3.12. The number of methoxy groups -OCH3 is 1. The molecule has 0 aliphatic heterocycles. The third kappa shape index (κ3) is 4.74. The van der Waals surface area contributed by atoms with E-state index in [1.165, 1.54) is 7.11 Å². The zero-order valence-corrected chi connectivity index (χ0v) is 15.0. The predicted octanol–water partition coefficient (Wildman–Crippen LogP) is 3.43. The van der Waals surface area contributed by atoms with Crippen LogP contribution in [-0.4, -0.2) is 38.7 Å². The van der Waals surface area contributed by atoms with Gasteiger partial charge < -0.3 is 18.6 Å². The van der Waals surface area contributed by atoms with Gasteiger partial charge in [0.1, 0.15) is 6.61 Å². The Bertz CT molecular complexity index is 913. The van der Waals surface area contributed by atoms with E-state index >= 15 is 0 Å². The Kier molecular flexibility index (Phi) is 6.22. The number of benzene rings is 2. The number of fused-ring (bicyclic) bond motifs is 1. The van der Waals surface area contributed by atoms with Crippen molar-refractivity contribution in [3.63, 3.8) is 0 Å². The molecule has 0 N–H and O–H groups in total. The van der Waals surface area contributed by atoms with E-state index < -0.39 is 5.97 Å². The van der Waals surface area contributed by atoms with Gasteiger partial charge in [0.2, 0.25) is 0 Å². The summed E-state index contributed by atoms with van der Waals surface area (Å²) in [6, 6.07) is 14.5. The van der Waals surface area contributed by atoms with Crippen LogP contribution in [0, 0.1) is 0 Å². The van der Waals surface area contributed by atoms with E-state index in [0.717, 1.165) is 10.9 Å². The monoisotopic (exact) mass is 368 g/mol. The van der Waals surface area contributed by atoms with Crippen LogP contribution in [0.2, 0.25) is 0 Å². The molecule has 0 unspecified atom stereocenters. The molecule has 6 nitrogen and oxygen atoms in total. The van der Waals surface area contributed by atoms with E-state index in [1.807, 2.05) is 30.3 Å². The minimum atomic E-state index is -0.463. The van der Waals surface area contributed by atoms with E-state index in [9.17, 15) is 9.59 Å². The van der Waals surface area contributed by atoms with Crippen LogP contribution >= 0.6 is 0 Å². The van der Waals surface area contributed by atoms with Crippen LogP contribution in [0.15, 0.2) is 59.2 Å². The number of carbonyl (C=O) groups is 2. The minimum Gasteiger partial charge on any atom is -0.478 e. The molecule has 0 radical (unpaired) electrons. The predicted molar refractivity (Wildman–Crippen MR) is 99.0 cm³/mol. The fourth-order valence-electron chi connectivity index (χ4n) is 2.64. The first kappa shape index (κ1) is 18.7. The molecule has 0 saturated heterocycles. The highest BCUT2D eigenvalue weighted by molar-refractivity contribution is 5.97. The fraction of sp³-hybridized carbons (Fsp3) is 0.238. The summed E-state index contributed by atoms with van der Waals surface area (Å²) in [6.45, 7) is 0.240. The van der Waals surface area contributed by atoms with Crippen LogP contribution < -0.4 is 4.74 Å². The van der Waals surface area contributed by atoms with Gasteiger partial charge >= 0.3 is 5.97 Å². The molecule has 0 aliphatic carbocycles. The van der Waals surface area contributed by atoms with Gasteiger partial charge in [0.25, 0.3) is 0 Å². The number of carbonyl (C=O) groups excluding carboxylic acids is 2. The molecule has 3 rings (SSSR count). The number of esters is 1. The summed E-state index contributed by atoms with van der Waals surface area (Å²) in [7, 11) is 1.31. The first-order valence-corrected chi connectivity index (χ1v) is 8.53. The lowest BCUT2D eigenvalue weighted by Gasteiger charge is -2.05. The minimum absolute atomic E-state index is 0.0350. The quantitative estimate of drug-likeness (QED) is 0.327. The third-order valence-corrected chi connectivity index (χ3v) is 4.06. The van der Waals surface area contributed by atoms with E-state index in [4.69, 9.17) is 13.9 Å². The van der Waals surface area contributed by atoms with Crippen LogP contribution in [0.1, 0.15) is 15.9 Å². The zero-order valence-electron chi connectivity index (χ0n) is 15.0. The standard InChI is InChI=1S/C21H20O6/c1-24-20(23)14-26-19-9-5-8-17-16(12-27-21(17)19)10-11-25-13-18(22)15-6-3-2-4-7-15/h2-9,12H,10-11,13-14H2,1H3. The second-order valence-electron chi connectivity index (χ2n) is 5.85. The topological polar surface area (TPSA) is 75.0 Å². The van der Waals surface area contributed by atoms with Gasteiger partial charge in [0.15, 0.2) is 23.7 Å². The number of para-hydroxylation sites is 1. The van der Waals surface area contributed by atoms with Crippen molar-refractivity contribution in [3.8, 4) is 5.75 Å². The molecule has 3 aromatic rings. The maximum absolute atomic E-state index is 12.0. The van der Waals surface area contributed by atoms with Gasteiger partial charge in [0, 0.05) is 16.5 Å². The van der Waals surface area contributed by atoms with Crippen molar-refractivity contribution >= 4 is 22.7 Å². The average Bonchev–Trinajstić information content (AvgIpc) is 3.13. The molecule has 0 bridgehead atoms. The maximum Gasteiger partial charge on any atom is 0.343 e. The van der Waals surface area contributed by atoms with Crippen LogP contribution in [0.4, 0.5) is 0 Å². The smallest absolute Gasteiger partial charge is 0.343 e.